The molecule has 1 fully saturated rings. The van der Waals surface area contributed by atoms with Crippen LogP contribution in [0.1, 0.15) is 35.7 Å². The lowest BCUT2D eigenvalue weighted by Gasteiger charge is -2.31. The van der Waals surface area contributed by atoms with E-state index in [1.807, 2.05) is 60.8 Å². The van der Waals surface area contributed by atoms with Crippen molar-refractivity contribution in [2.45, 2.75) is 31.8 Å². The van der Waals surface area contributed by atoms with Crippen molar-refractivity contribution in [3.05, 3.63) is 95.9 Å². The SMILES string of the molecule is CS(=O)(=O)N1CCC(n2cc(-c3cccc(C(N)=S)c3)c3ccc(CNC(=O)Cc4[nH]cc5ccccc45)cc32)CC1. The third kappa shape index (κ3) is 5.70. The van der Waals surface area contributed by atoms with Crippen LogP contribution >= 0.6 is 12.2 Å². The summed E-state index contributed by atoms with van der Waals surface area (Å²) in [4.78, 5) is 16.5. The van der Waals surface area contributed by atoms with E-state index in [9.17, 15) is 13.2 Å². The second-order valence-electron chi connectivity index (χ2n) is 10.9. The van der Waals surface area contributed by atoms with Crippen LogP contribution in [0.15, 0.2) is 79.1 Å². The number of aromatic nitrogens is 2. The average molecular weight is 600 g/mol. The minimum Gasteiger partial charge on any atom is -0.389 e. The fraction of sp³-hybridized carbons (Fsp3) is 0.250. The van der Waals surface area contributed by atoms with Gasteiger partial charge >= 0.3 is 0 Å². The summed E-state index contributed by atoms with van der Waals surface area (Å²) in [6.07, 6.45) is 7.05. The topological polar surface area (TPSA) is 113 Å². The van der Waals surface area contributed by atoms with E-state index in [0.29, 0.717) is 37.5 Å². The summed E-state index contributed by atoms with van der Waals surface area (Å²) in [5.74, 6) is -0.0542. The van der Waals surface area contributed by atoms with Gasteiger partial charge in [-0.15, -0.1) is 0 Å². The third-order valence-corrected chi connectivity index (χ3v) is 9.70. The number of carbonyl (C=O) groups is 1. The molecule has 4 N–H and O–H groups in total. The predicted octanol–water partition coefficient (Wildman–Crippen LogP) is 4.88. The van der Waals surface area contributed by atoms with Gasteiger partial charge in [0.15, 0.2) is 0 Å². The van der Waals surface area contributed by atoms with E-state index >= 15 is 0 Å². The smallest absolute Gasteiger partial charge is 0.226 e. The molecule has 0 atom stereocenters. The molecule has 0 radical (unpaired) electrons. The van der Waals surface area contributed by atoms with Gasteiger partial charge in [-0.05, 0) is 41.5 Å². The van der Waals surface area contributed by atoms with E-state index in [-0.39, 0.29) is 18.4 Å². The second-order valence-corrected chi connectivity index (χ2v) is 13.4. The Morgan fingerprint density at radius 2 is 1.83 bits per heavy atom. The summed E-state index contributed by atoms with van der Waals surface area (Å²) < 4.78 is 28.1. The minimum atomic E-state index is -3.22. The lowest BCUT2D eigenvalue weighted by atomic mass is 10.0. The molecule has 3 aromatic carbocycles. The first kappa shape index (κ1) is 28.1. The molecule has 0 aliphatic carbocycles. The molecule has 2 aromatic heterocycles. The summed E-state index contributed by atoms with van der Waals surface area (Å²) >= 11 is 5.22. The molecule has 10 heteroatoms. The highest BCUT2D eigenvalue weighted by Crippen LogP contribution is 2.36. The van der Waals surface area contributed by atoms with Gasteiger partial charge in [0.2, 0.25) is 15.9 Å². The Labute approximate surface area is 250 Å². The zero-order chi connectivity index (χ0) is 29.4. The highest BCUT2D eigenvalue weighted by atomic mass is 32.2. The maximum atomic E-state index is 12.9. The zero-order valence-corrected chi connectivity index (χ0v) is 25.0. The number of carbonyl (C=O) groups excluding carboxylic acids is 1. The first-order valence-electron chi connectivity index (χ1n) is 14.0. The van der Waals surface area contributed by atoms with E-state index < -0.39 is 10.0 Å². The van der Waals surface area contributed by atoms with Crippen molar-refractivity contribution in [3.63, 3.8) is 0 Å². The molecule has 1 aliphatic rings. The fourth-order valence-electron chi connectivity index (χ4n) is 5.94. The first-order valence-corrected chi connectivity index (χ1v) is 16.2. The molecule has 5 aromatic rings. The highest BCUT2D eigenvalue weighted by molar-refractivity contribution is 7.88. The number of piperidine rings is 1. The number of rotatable bonds is 8. The predicted molar refractivity (Wildman–Crippen MR) is 172 cm³/mol. The number of sulfonamides is 1. The maximum Gasteiger partial charge on any atom is 0.226 e. The van der Waals surface area contributed by atoms with Crippen molar-refractivity contribution in [1.82, 2.24) is 19.2 Å². The van der Waals surface area contributed by atoms with E-state index in [1.165, 1.54) is 6.26 Å². The lowest BCUT2D eigenvalue weighted by Crippen LogP contribution is -2.38. The number of amides is 1. The van der Waals surface area contributed by atoms with Crippen LogP contribution in [-0.4, -0.2) is 52.5 Å². The fourth-order valence-corrected chi connectivity index (χ4v) is 6.94. The average Bonchev–Trinajstić information content (AvgIpc) is 3.57. The van der Waals surface area contributed by atoms with Crippen molar-refractivity contribution >= 4 is 54.8 Å². The van der Waals surface area contributed by atoms with Crippen LogP contribution in [0.2, 0.25) is 0 Å². The van der Waals surface area contributed by atoms with Crippen molar-refractivity contribution in [2.24, 2.45) is 5.73 Å². The molecule has 1 aliphatic heterocycles. The number of benzene rings is 3. The van der Waals surface area contributed by atoms with Crippen LogP contribution in [0.3, 0.4) is 0 Å². The summed E-state index contributed by atoms with van der Waals surface area (Å²) in [6, 6.07) is 22.3. The largest absolute Gasteiger partial charge is 0.389 e. The number of hydrogen-bond acceptors (Lipinski definition) is 4. The molecule has 1 amide bonds. The van der Waals surface area contributed by atoms with Gasteiger partial charge in [-0.25, -0.2) is 12.7 Å². The lowest BCUT2D eigenvalue weighted by molar-refractivity contribution is -0.120. The molecule has 0 saturated carbocycles. The minimum absolute atomic E-state index is 0.0542. The molecular formula is C32H33N5O3S2. The molecule has 42 heavy (non-hydrogen) atoms. The molecule has 0 unspecified atom stereocenters. The van der Waals surface area contributed by atoms with E-state index in [4.69, 9.17) is 18.0 Å². The number of hydrogen-bond donors (Lipinski definition) is 3. The number of nitrogens with one attached hydrogen (secondary N) is 2. The zero-order valence-electron chi connectivity index (χ0n) is 23.3. The molecular weight excluding hydrogens is 567 g/mol. The highest BCUT2D eigenvalue weighted by Gasteiger charge is 2.27. The second kappa shape index (κ2) is 11.4. The Morgan fingerprint density at radius 3 is 2.60 bits per heavy atom. The van der Waals surface area contributed by atoms with E-state index in [2.05, 4.69) is 33.2 Å². The summed E-state index contributed by atoms with van der Waals surface area (Å²) in [7, 11) is -3.22. The van der Waals surface area contributed by atoms with E-state index in [0.717, 1.165) is 49.6 Å². The van der Waals surface area contributed by atoms with Crippen LogP contribution in [0.4, 0.5) is 0 Å². The molecule has 0 spiro atoms. The summed E-state index contributed by atoms with van der Waals surface area (Å²) in [5, 5.41) is 6.30. The Kier molecular flexibility index (Phi) is 7.61. The molecule has 8 nitrogen and oxygen atoms in total. The van der Waals surface area contributed by atoms with Crippen LogP contribution in [0.25, 0.3) is 32.8 Å². The maximum absolute atomic E-state index is 12.9. The first-order chi connectivity index (χ1) is 20.2. The monoisotopic (exact) mass is 599 g/mol. The Hall–Kier alpha value is -3.99. The third-order valence-electron chi connectivity index (χ3n) is 8.16. The number of fused-ring (bicyclic) bond motifs is 2. The van der Waals surface area contributed by atoms with Gasteiger partial charge in [0.25, 0.3) is 0 Å². The summed E-state index contributed by atoms with van der Waals surface area (Å²) in [5.41, 5.74) is 11.7. The number of nitrogens with zero attached hydrogens (tertiary/aromatic N) is 2. The Balaban J connectivity index is 1.28. The molecule has 6 rings (SSSR count). The molecule has 0 bridgehead atoms. The summed E-state index contributed by atoms with van der Waals surface area (Å²) in [6.45, 7) is 1.37. The van der Waals surface area contributed by atoms with Gasteiger partial charge in [0.1, 0.15) is 4.99 Å². The normalized spacial score (nSPS) is 14.9. The van der Waals surface area contributed by atoms with Gasteiger partial charge < -0.3 is 20.6 Å². The van der Waals surface area contributed by atoms with Crippen LogP contribution in [0, 0.1) is 0 Å². The van der Waals surface area contributed by atoms with Crippen LogP contribution in [-0.2, 0) is 27.8 Å². The number of H-pyrrole nitrogens is 1. The van der Waals surface area contributed by atoms with Crippen molar-refractivity contribution in [1.29, 1.82) is 0 Å². The number of aromatic amines is 1. The molecule has 1 saturated heterocycles. The van der Waals surface area contributed by atoms with Gasteiger partial charge in [0.05, 0.1) is 12.7 Å². The number of thiocarbonyl (C=S) groups is 1. The molecule has 216 valence electrons. The van der Waals surface area contributed by atoms with Gasteiger partial charge in [-0.1, -0.05) is 66.8 Å². The van der Waals surface area contributed by atoms with Crippen molar-refractivity contribution in [3.8, 4) is 11.1 Å². The number of nitrogens with two attached hydrogens (primary N) is 1. The van der Waals surface area contributed by atoms with Gasteiger partial charge in [0, 0.05) is 71.2 Å². The van der Waals surface area contributed by atoms with Crippen molar-refractivity contribution < 1.29 is 13.2 Å². The van der Waals surface area contributed by atoms with Crippen molar-refractivity contribution in [2.75, 3.05) is 19.3 Å². The van der Waals surface area contributed by atoms with E-state index in [1.54, 1.807) is 4.31 Å². The quantitative estimate of drug-likeness (QED) is 0.220. The Bertz CT molecular complexity index is 1920. The standard InChI is InChI=1S/C32H33N5O3S2/c1-42(39,40)36-13-11-25(12-14-36)37-20-28(22-6-4-7-23(16-22)32(33)41)27-10-9-21(15-30(27)37)18-35-31(38)17-29-26-8-3-2-5-24(26)19-34-29/h2-10,15-16,19-20,25,34H,11-14,17-18H2,1H3,(H2,33,41)(H,35,38). The van der Waals surface area contributed by atoms with Gasteiger partial charge in [-0.2, -0.15) is 0 Å². The van der Waals surface area contributed by atoms with Crippen LogP contribution < -0.4 is 11.1 Å². The molecule has 3 heterocycles. The Morgan fingerprint density at radius 1 is 1.05 bits per heavy atom. The van der Waals surface area contributed by atoms with Gasteiger partial charge in [-0.3, -0.25) is 4.79 Å². The van der Waals surface area contributed by atoms with Crippen LogP contribution in [0.5, 0.6) is 0 Å².